The lowest BCUT2D eigenvalue weighted by Crippen LogP contribution is -2.51. The highest BCUT2D eigenvalue weighted by Gasteiger charge is 2.30. The van der Waals surface area contributed by atoms with Gasteiger partial charge in [-0.3, -0.25) is 9.59 Å². The van der Waals surface area contributed by atoms with Crippen molar-refractivity contribution in [3.8, 4) is 5.75 Å². The lowest BCUT2D eigenvalue weighted by molar-refractivity contribution is -0.142. The maximum absolute atomic E-state index is 13.5. The summed E-state index contributed by atoms with van der Waals surface area (Å²) in [7, 11) is 0. The first kappa shape index (κ1) is 26.6. The molecule has 0 fully saturated rings. The molecule has 0 radical (unpaired) electrons. The fourth-order valence-corrected chi connectivity index (χ4v) is 4.02. The van der Waals surface area contributed by atoms with E-state index in [9.17, 15) is 9.59 Å². The third-order valence-electron chi connectivity index (χ3n) is 5.55. The first-order valence-electron chi connectivity index (χ1n) is 11.6. The van der Waals surface area contributed by atoms with Crippen LogP contribution in [0.4, 0.5) is 0 Å². The molecule has 0 saturated heterocycles. The number of amides is 2. The third-order valence-corrected chi connectivity index (χ3v) is 6.21. The Labute approximate surface area is 217 Å². The number of hydrogen-bond donors (Lipinski definition) is 1. The standard InChI is InChI=1S/C28H30Cl2N2O3/c1-3-14-31-28(34)26(17-21-8-5-4-6-9-21)32(18-22-10-7-11-23(29)16-22)27(33)19-35-24-12-13-25(30)20(2)15-24/h4-13,15-16,26H,3,14,17-19H2,1-2H3,(H,31,34)/t26-/m0/s1. The second-order valence-electron chi connectivity index (χ2n) is 8.35. The van der Waals surface area contributed by atoms with Gasteiger partial charge in [-0.2, -0.15) is 0 Å². The van der Waals surface area contributed by atoms with Gasteiger partial charge in [0.15, 0.2) is 6.61 Å². The Hall–Kier alpha value is -3.02. The number of carbonyl (C=O) groups is 2. The predicted octanol–water partition coefficient (Wildman–Crippen LogP) is 5.85. The quantitative estimate of drug-likeness (QED) is 0.350. The van der Waals surface area contributed by atoms with Gasteiger partial charge in [-0.15, -0.1) is 0 Å². The van der Waals surface area contributed by atoms with Crippen LogP contribution in [0.2, 0.25) is 10.0 Å². The molecule has 0 saturated carbocycles. The van der Waals surface area contributed by atoms with Crippen LogP contribution in [-0.4, -0.2) is 35.9 Å². The van der Waals surface area contributed by atoms with Crippen molar-refractivity contribution in [1.82, 2.24) is 10.2 Å². The minimum Gasteiger partial charge on any atom is -0.484 e. The van der Waals surface area contributed by atoms with Gasteiger partial charge in [0.2, 0.25) is 5.91 Å². The summed E-state index contributed by atoms with van der Waals surface area (Å²) in [5.74, 6) is 0.0385. The number of benzene rings is 3. The average Bonchev–Trinajstić information content (AvgIpc) is 2.86. The van der Waals surface area contributed by atoms with Crippen LogP contribution < -0.4 is 10.1 Å². The fourth-order valence-electron chi connectivity index (χ4n) is 3.69. The van der Waals surface area contributed by atoms with Crippen LogP contribution >= 0.6 is 23.2 Å². The molecule has 35 heavy (non-hydrogen) atoms. The number of ether oxygens (including phenoxy) is 1. The summed E-state index contributed by atoms with van der Waals surface area (Å²) in [4.78, 5) is 28.4. The van der Waals surface area contributed by atoms with E-state index in [2.05, 4.69) is 5.32 Å². The van der Waals surface area contributed by atoms with Gasteiger partial charge >= 0.3 is 0 Å². The van der Waals surface area contributed by atoms with Gasteiger partial charge in [-0.1, -0.05) is 72.6 Å². The van der Waals surface area contributed by atoms with E-state index in [1.807, 2.05) is 56.3 Å². The predicted molar refractivity (Wildman–Crippen MR) is 141 cm³/mol. The number of hydrogen-bond acceptors (Lipinski definition) is 3. The molecule has 1 atom stereocenters. The molecular formula is C28H30Cl2N2O3. The number of nitrogens with one attached hydrogen (secondary N) is 1. The third kappa shape index (κ3) is 8.01. The number of halogens is 2. The molecule has 0 aliphatic rings. The topological polar surface area (TPSA) is 58.6 Å². The highest BCUT2D eigenvalue weighted by Crippen LogP contribution is 2.22. The molecule has 0 unspecified atom stereocenters. The number of aryl methyl sites for hydroxylation is 1. The van der Waals surface area contributed by atoms with Crippen molar-refractivity contribution in [1.29, 1.82) is 0 Å². The van der Waals surface area contributed by atoms with Gasteiger partial charge in [0.25, 0.3) is 5.91 Å². The second-order valence-corrected chi connectivity index (χ2v) is 9.19. The summed E-state index contributed by atoms with van der Waals surface area (Å²) >= 11 is 12.3. The first-order chi connectivity index (χ1) is 16.9. The van der Waals surface area contributed by atoms with E-state index in [0.717, 1.165) is 23.1 Å². The van der Waals surface area contributed by atoms with E-state index in [1.54, 1.807) is 35.2 Å². The molecule has 0 aliphatic carbocycles. The summed E-state index contributed by atoms with van der Waals surface area (Å²) < 4.78 is 5.80. The van der Waals surface area contributed by atoms with E-state index in [0.29, 0.717) is 28.8 Å². The summed E-state index contributed by atoms with van der Waals surface area (Å²) in [6, 6.07) is 21.5. The van der Waals surface area contributed by atoms with Crippen LogP contribution in [0.3, 0.4) is 0 Å². The van der Waals surface area contributed by atoms with E-state index < -0.39 is 6.04 Å². The van der Waals surface area contributed by atoms with Crippen molar-refractivity contribution in [3.05, 3.63) is 99.5 Å². The molecule has 7 heteroatoms. The maximum Gasteiger partial charge on any atom is 0.261 e. The van der Waals surface area contributed by atoms with Crippen molar-refractivity contribution in [2.24, 2.45) is 0 Å². The largest absolute Gasteiger partial charge is 0.484 e. The molecule has 1 N–H and O–H groups in total. The molecule has 3 aromatic carbocycles. The minimum atomic E-state index is -0.717. The number of rotatable bonds is 11. The number of carbonyl (C=O) groups excluding carboxylic acids is 2. The van der Waals surface area contributed by atoms with Gasteiger partial charge in [0, 0.05) is 29.6 Å². The molecule has 184 valence electrons. The van der Waals surface area contributed by atoms with Crippen molar-refractivity contribution >= 4 is 35.0 Å². The van der Waals surface area contributed by atoms with Gasteiger partial charge in [0.05, 0.1) is 0 Å². The van der Waals surface area contributed by atoms with E-state index in [4.69, 9.17) is 27.9 Å². The van der Waals surface area contributed by atoms with Gasteiger partial charge in [-0.05, 0) is 60.4 Å². The monoisotopic (exact) mass is 512 g/mol. The van der Waals surface area contributed by atoms with Crippen LogP contribution in [-0.2, 0) is 22.6 Å². The molecule has 2 amide bonds. The molecular weight excluding hydrogens is 483 g/mol. The smallest absolute Gasteiger partial charge is 0.261 e. The first-order valence-corrected chi connectivity index (χ1v) is 12.4. The SMILES string of the molecule is CCCNC(=O)[C@H](Cc1ccccc1)N(Cc1cccc(Cl)c1)C(=O)COc1ccc(Cl)c(C)c1. The van der Waals surface area contributed by atoms with Crippen LogP contribution in [0.15, 0.2) is 72.8 Å². The summed E-state index contributed by atoms with van der Waals surface area (Å²) in [5, 5.41) is 4.15. The van der Waals surface area contributed by atoms with Crippen LogP contribution in [0.5, 0.6) is 5.75 Å². The fraction of sp³-hybridized carbons (Fsp3) is 0.286. The normalized spacial score (nSPS) is 11.5. The van der Waals surface area contributed by atoms with Gasteiger partial charge in [-0.25, -0.2) is 0 Å². The van der Waals surface area contributed by atoms with Gasteiger partial charge < -0.3 is 15.0 Å². The van der Waals surface area contributed by atoms with Gasteiger partial charge in [0.1, 0.15) is 11.8 Å². The molecule has 3 aromatic rings. The number of nitrogens with zero attached hydrogens (tertiary/aromatic N) is 1. The summed E-state index contributed by atoms with van der Waals surface area (Å²) in [6.45, 7) is 4.40. The Morgan fingerprint density at radius 2 is 1.71 bits per heavy atom. The molecule has 0 aliphatic heterocycles. The zero-order valence-corrected chi connectivity index (χ0v) is 21.5. The van der Waals surface area contributed by atoms with Crippen LogP contribution in [0.25, 0.3) is 0 Å². The Balaban J connectivity index is 1.89. The van der Waals surface area contributed by atoms with E-state index >= 15 is 0 Å². The Kier molecular flexibility index (Phi) is 10.0. The van der Waals surface area contributed by atoms with E-state index in [1.165, 1.54) is 0 Å². The van der Waals surface area contributed by atoms with Crippen molar-refractivity contribution in [2.75, 3.05) is 13.2 Å². The highest BCUT2D eigenvalue weighted by atomic mass is 35.5. The zero-order valence-electron chi connectivity index (χ0n) is 20.0. The summed E-state index contributed by atoms with van der Waals surface area (Å²) in [6.07, 6.45) is 1.17. The lowest BCUT2D eigenvalue weighted by atomic mass is 10.0. The van der Waals surface area contributed by atoms with Crippen LogP contribution in [0, 0.1) is 6.92 Å². The Morgan fingerprint density at radius 1 is 0.971 bits per heavy atom. The lowest BCUT2D eigenvalue weighted by Gasteiger charge is -2.31. The summed E-state index contributed by atoms with van der Waals surface area (Å²) in [5.41, 5.74) is 2.64. The van der Waals surface area contributed by atoms with Crippen molar-refractivity contribution in [2.45, 2.75) is 39.3 Å². The zero-order chi connectivity index (χ0) is 25.2. The van der Waals surface area contributed by atoms with Crippen molar-refractivity contribution < 1.29 is 14.3 Å². The Morgan fingerprint density at radius 3 is 2.40 bits per heavy atom. The molecule has 5 nitrogen and oxygen atoms in total. The molecule has 3 rings (SSSR count). The molecule has 0 spiro atoms. The molecule has 0 aromatic heterocycles. The highest BCUT2D eigenvalue weighted by molar-refractivity contribution is 6.31. The van der Waals surface area contributed by atoms with Crippen LogP contribution in [0.1, 0.15) is 30.0 Å². The maximum atomic E-state index is 13.5. The molecule has 0 bridgehead atoms. The average molecular weight is 513 g/mol. The van der Waals surface area contributed by atoms with E-state index in [-0.39, 0.29) is 25.0 Å². The minimum absolute atomic E-state index is 0.201. The molecule has 0 heterocycles. The Bertz CT molecular complexity index is 1140. The second kappa shape index (κ2) is 13.2. The van der Waals surface area contributed by atoms with Crippen molar-refractivity contribution in [3.63, 3.8) is 0 Å².